The number of hydrogen-bond acceptors (Lipinski definition) is 7. The lowest BCUT2D eigenvalue weighted by Gasteiger charge is -2.03. The minimum atomic E-state index is -0.449. The number of aromatic nitrogens is 4. The maximum Gasteiger partial charge on any atom is 0.306 e. The van der Waals surface area contributed by atoms with Crippen molar-refractivity contribution in [2.45, 2.75) is 19.4 Å². The smallest absolute Gasteiger partial charge is 0.306 e. The van der Waals surface area contributed by atoms with Crippen LogP contribution in [0.1, 0.15) is 18.1 Å². The van der Waals surface area contributed by atoms with Gasteiger partial charge in [0.1, 0.15) is 5.82 Å². The summed E-state index contributed by atoms with van der Waals surface area (Å²) in [6.45, 7) is -0.111. The third kappa shape index (κ3) is 3.96. The fourth-order valence-electron chi connectivity index (χ4n) is 2.71. The zero-order valence-electron chi connectivity index (χ0n) is 14.8. The molecule has 0 bridgehead atoms. The van der Waals surface area contributed by atoms with Gasteiger partial charge in [-0.3, -0.25) is 9.59 Å². The highest BCUT2D eigenvalue weighted by Gasteiger charge is 2.12. The summed E-state index contributed by atoms with van der Waals surface area (Å²) in [6.07, 6.45) is 0.332. The van der Waals surface area contributed by atoms with Crippen LogP contribution in [0.25, 0.3) is 22.3 Å². The number of hydrogen-bond donors (Lipinski definition) is 1. The van der Waals surface area contributed by atoms with E-state index in [-0.39, 0.29) is 30.9 Å². The SMILES string of the molecule is O=C(CCc1nc2ccccc2c(=O)[nH]1)OCc1nc(-c2ccccc2)no1. The summed E-state index contributed by atoms with van der Waals surface area (Å²) >= 11 is 0. The van der Waals surface area contributed by atoms with Gasteiger partial charge in [-0.25, -0.2) is 4.98 Å². The second-order valence-corrected chi connectivity index (χ2v) is 6.07. The van der Waals surface area contributed by atoms with E-state index >= 15 is 0 Å². The number of carbonyl (C=O) groups excluding carboxylic acids is 1. The van der Waals surface area contributed by atoms with Crippen LogP contribution in [-0.4, -0.2) is 26.1 Å². The van der Waals surface area contributed by atoms with Gasteiger partial charge < -0.3 is 14.2 Å². The highest BCUT2D eigenvalue weighted by Crippen LogP contribution is 2.15. The molecule has 1 N–H and O–H groups in total. The Hall–Kier alpha value is -3.81. The lowest BCUT2D eigenvalue weighted by molar-refractivity contribution is -0.145. The van der Waals surface area contributed by atoms with Crippen molar-refractivity contribution in [1.82, 2.24) is 20.1 Å². The van der Waals surface area contributed by atoms with Gasteiger partial charge in [-0.05, 0) is 12.1 Å². The van der Waals surface area contributed by atoms with Crippen molar-refractivity contribution in [1.29, 1.82) is 0 Å². The standard InChI is InChI=1S/C20H16N4O4/c25-18(11-10-16-21-15-9-5-4-8-14(15)20(26)22-16)27-12-17-23-19(24-28-17)13-6-2-1-3-7-13/h1-9H,10-12H2,(H,21,22,26). The van der Waals surface area contributed by atoms with Gasteiger partial charge in [0.15, 0.2) is 6.61 Å². The van der Waals surface area contributed by atoms with Gasteiger partial charge in [0.2, 0.25) is 5.82 Å². The van der Waals surface area contributed by atoms with Crippen LogP contribution in [0, 0.1) is 0 Å². The summed E-state index contributed by atoms with van der Waals surface area (Å²) in [6, 6.07) is 16.4. The average molecular weight is 376 g/mol. The number of nitrogens with one attached hydrogen (secondary N) is 1. The molecule has 0 amide bonds. The summed E-state index contributed by atoms with van der Waals surface area (Å²) in [5.41, 5.74) is 1.18. The molecule has 0 aliphatic rings. The predicted molar refractivity (Wildman–Crippen MR) is 100 cm³/mol. The Bertz CT molecular complexity index is 1170. The summed E-state index contributed by atoms with van der Waals surface area (Å²) in [4.78, 5) is 35.3. The monoisotopic (exact) mass is 376 g/mol. The van der Waals surface area contributed by atoms with Crippen LogP contribution in [0.5, 0.6) is 0 Å². The maximum atomic E-state index is 12.0. The van der Waals surface area contributed by atoms with E-state index in [0.717, 1.165) is 5.56 Å². The minimum Gasteiger partial charge on any atom is -0.456 e. The number of para-hydroxylation sites is 1. The Labute approximate surface area is 159 Å². The third-order valence-corrected chi connectivity index (χ3v) is 4.08. The van der Waals surface area contributed by atoms with Crippen LogP contribution in [0.2, 0.25) is 0 Å². The van der Waals surface area contributed by atoms with Crippen molar-refractivity contribution in [3.63, 3.8) is 0 Å². The van der Waals surface area contributed by atoms with Gasteiger partial charge in [0.25, 0.3) is 11.4 Å². The van der Waals surface area contributed by atoms with E-state index in [0.29, 0.717) is 22.6 Å². The van der Waals surface area contributed by atoms with E-state index < -0.39 is 5.97 Å². The van der Waals surface area contributed by atoms with Gasteiger partial charge in [-0.1, -0.05) is 47.6 Å². The van der Waals surface area contributed by atoms with E-state index in [4.69, 9.17) is 9.26 Å². The Morgan fingerprint density at radius 1 is 1.04 bits per heavy atom. The Morgan fingerprint density at radius 3 is 2.68 bits per heavy atom. The molecule has 8 heteroatoms. The summed E-state index contributed by atoms with van der Waals surface area (Å²) < 4.78 is 10.3. The number of carbonyl (C=O) groups is 1. The normalized spacial score (nSPS) is 10.9. The maximum absolute atomic E-state index is 12.0. The number of aromatic amines is 1. The quantitative estimate of drug-likeness (QED) is 0.515. The fraction of sp³-hybridized carbons (Fsp3) is 0.150. The summed E-state index contributed by atoms with van der Waals surface area (Å²) in [5.74, 6) is 0.633. The van der Waals surface area contributed by atoms with Crippen LogP contribution in [0.3, 0.4) is 0 Å². The van der Waals surface area contributed by atoms with E-state index in [1.165, 1.54) is 0 Å². The number of esters is 1. The topological polar surface area (TPSA) is 111 Å². The van der Waals surface area contributed by atoms with Crippen molar-refractivity contribution in [2.75, 3.05) is 0 Å². The molecule has 2 aromatic carbocycles. The number of ether oxygens (including phenoxy) is 1. The molecule has 4 rings (SSSR count). The molecule has 4 aromatic rings. The Morgan fingerprint density at radius 2 is 1.82 bits per heavy atom. The third-order valence-electron chi connectivity index (χ3n) is 4.08. The van der Waals surface area contributed by atoms with Gasteiger partial charge in [-0.2, -0.15) is 4.98 Å². The molecule has 2 heterocycles. The molecule has 0 unspecified atom stereocenters. The number of benzene rings is 2. The molecule has 0 fully saturated rings. The van der Waals surface area contributed by atoms with Crippen molar-refractivity contribution < 1.29 is 14.1 Å². The summed E-state index contributed by atoms with van der Waals surface area (Å²) in [5, 5.41) is 4.38. The molecular weight excluding hydrogens is 360 g/mol. The van der Waals surface area contributed by atoms with E-state index in [2.05, 4.69) is 20.1 Å². The highest BCUT2D eigenvalue weighted by atomic mass is 16.6. The first kappa shape index (κ1) is 17.6. The lowest BCUT2D eigenvalue weighted by atomic mass is 10.2. The molecular formula is C20H16N4O4. The molecule has 140 valence electrons. The molecule has 8 nitrogen and oxygen atoms in total. The zero-order chi connectivity index (χ0) is 19.3. The van der Waals surface area contributed by atoms with Crippen molar-refractivity contribution in [3.05, 3.63) is 76.7 Å². The molecule has 0 saturated heterocycles. The number of rotatable bonds is 6. The van der Waals surface area contributed by atoms with E-state index in [1.807, 2.05) is 30.3 Å². The number of fused-ring (bicyclic) bond motifs is 1. The van der Waals surface area contributed by atoms with Crippen LogP contribution in [-0.2, 0) is 22.6 Å². The minimum absolute atomic E-state index is 0.0704. The molecule has 0 atom stereocenters. The molecule has 28 heavy (non-hydrogen) atoms. The zero-order valence-corrected chi connectivity index (χ0v) is 14.8. The Balaban J connectivity index is 1.33. The van der Waals surface area contributed by atoms with Crippen molar-refractivity contribution >= 4 is 16.9 Å². The summed E-state index contributed by atoms with van der Waals surface area (Å²) in [7, 11) is 0. The molecule has 2 aromatic heterocycles. The van der Waals surface area contributed by atoms with E-state index in [9.17, 15) is 9.59 Å². The predicted octanol–water partition coefficient (Wildman–Crippen LogP) is 2.65. The molecule has 0 saturated carbocycles. The van der Waals surface area contributed by atoms with Crippen LogP contribution in [0.4, 0.5) is 0 Å². The van der Waals surface area contributed by atoms with Gasteiger partial charge in [0, 0.05) is 12.0 Å². The second kappa shape index (κ2) is 7.83. The number of nitrogens with zero attached hydrogens (tertiary/aromatic N) is 3. The van der Waals surface area contributed by atoms with Crippen molar-refractivity contribution in [2.24, 2.45) is 0 Å². The first-order valence-electron chi connectivity index (χ1n) is 8.70. The van der Waals surface area contributed by atoms with Gasteiger partial charge >= 0.3 is 5.97 Å². The Kier molecular flexibility index (Phi) is 4.92. The van der Waals surface area contributed by atoms with Crippen molar-refractivity contribution in [3.8, 4) is 11.4 Å². The molecule has 0 aliphatic heterocycles. The molecule has 0 radical (unpaired) electrons. The highest BCUT2D eigenvalue weighted by molar-refractivity contribution is 5.77. The lowest BCUT2D eigenvalue weighted by Crippen LogP contribution is -2.14. The molecule has 0 spiro atoms. The van der Waals surface area contributed by atoms with Crippen LogP contribution >= 0.6 is 0 Å². The van der Waals surface area contributed by atoms with Crippen LogP contribution in [0.15, 0.2) is 63.9 Å². The molecule has 0 aliphatic carbocycles. The fourth-order valence-corrected chi connectivity index (χ4v) is 2.71. The second-order valence-electron chi connectivity index (χ2n) is 6.07. The van der Waals surface area contributed by atoms with Gasteiger partial charge in [0.05, 0.1) is 17.3 Å². The van der Waals surface area contributed by atoms with Crippen LogP contribution < -0.4 is 5.56 Å². The van der Waals surface area contributed by atoms with E-state index in [1.54, 1.807) is 24.3 Å². The first-order valence-corrected chi connectivity index (χ1v) is 8.70. The number of H-pyrrole nitrogens is 1. The van der Waals surface area contributed by atoms with Gasteiger partial charge in [-0.15, -0.1) is 0 Å². The average Bonchev–Trinajstić information content (AvgIpc) is 3.21. The largest absolute Gasteiger partial charge is 0.456 e. The first-order chi connectivity index (χ1) is 13.7. The number of aryl methyl sites for hydroxylation is 1.